The van der Waals surface area contributed by atoms with Crippen molar-refractivity contribution in [1.29, 1.82) is 5.26 Å². The molecule has 9 heteroatoms. The number of benzene rings is 1. The molecule has 0 radical (unpaired) electrons. The van der Waals surface area contributed by atoms with E-state index in [2.05, 4.69) is 15.8 Å². The van der Waals surface area contributed by atoms with Crippen LogP contribution < -0.4 is 9.84 Å². The summed E-state index contributed by atoms with van der Waals surface area (Å²) in [6, 6.07) is 11.6. The molecule has 0 saturated carbocycles. The average Bonchev–Trinajstić information content (AvgIpc) is 2.90. The minimum absolute atomic E-state index is 0.140. The molecule has 2 aromatic rings. The molecule has 0 bridgehead atoms. The van der Waals surface area contributed by atoms with Crippen molar-refractivity contribution in [3.05, 3.63) is 35.9 Å². The molecule has 0 aliphatic carbocycles. The molecule has 0 atom stereocenters. The van der Waals surface area contributed by atoms with Gasteiger partial charge in [0.2, 0.25) is 0 Å². The molecule has 0 saturated heterocycles. The predicted molar refractivity (Wildman–Crippen MR) is 94.7 cm³/mol. The van der Waals surface area contributed by atoms with E-state index in [1.807, 2.05) is 30.3 Å². The van der Waals surface area contributed by atoms with E-state index in [1.54, 1.807) is 13.8 Å². The monoisotopic (exact) mass is 369 g/mol. The van der Waals surface area contributed by atoms with E-state index in [-0.39, 0.29) is 11.4 Å². The molecule has 1 aromatic carbocycles. The van der Waals surface area contributed by atoms with Crippen LogP contribution in [0.25, 0.3) is 0 Å². The number of nitriles is 1. The number of hydrogen-bond donors (Lipinski definition) is 1. The Bertz CT molecular complexity index is 721. The molecule has 1 aromatic heterocycles. The molecular formula is C14H16N3O3PS2. The summed E-state index contributed by atoms with van der Waals surface area (Å²) in [5.74, 6) is 0.140. The van der Waals surface area contributed by atoms with Crippen LogP contribution in [0.1, 0.15) is 19.4 Å². The second-order valence-electron chi connectivity index (χ2n) is 4.17. The summed E-state index contributed by atoms with van der Waals surface area (Å²) in [5, 5.41) is 13.1. The number of rotatable bonds is 8. The van der Waals surface area contributed by atoms with Crippen molar-refractivity contribution in [1.82, 2.24) is 4.37 Å². The molecule has 1 N–H and O–H groups in total. The van der Waals surface area contributed by atoms with Crippen LogP contribution in [0.15, 0.2) is 30.3 Å². The van der Waals surface area contributed by atoms with Gasteiger partial charge in [0.25, 0.3) is 5.88 Å². The summed E-state index contributed by atoms with van der Waals surface area (Å²) >= 11 is 6.43. The third kappa shape index (κ3) is 4.74. The minimum atomic E-state index is -2.95. The van der Waals surface area contributed by atoms with Gasteiger partial charge in [0.05, 0.1) is 13.2 Å². The van der Waals surface area contributed by atoms with Crippen molar-refractivity contribution in [3.63, 3.8) is 0 Å². The van der Waals surface area contributed by atoms with E-state index >= 15 is 0 Å². The summed E-state index contributed by atoms with van der Waals surface area (Å²) in [4.78, 5) is 0. The van der Waals surface area contributed by atoms with E-state index in [1.165, 1.54) is 0 Å². The van der Waals surface area contributed by atoms with Gasteiger partial charge in [-0.05, 0) is 37.5 Å². The Morgan fingerprint density at radius 3 is 2.48 bits per heavy atom. The van der Waals surface area contributed by atoms with Crippen LogP contribution in [0.5, 0.6) is 5.88 Å². The van der Waals surface area contributed by atoms with E-state index in [9.17, 15) is 5.26 Å². The SMILES string of the molecule is CCOP(=S)(OCC)Oc1nsc(Nc2ccccc2)c1C#N. The third-order valence-electron chi connectivity index (χ3n) is 2.58. The topological polar surface area (TPSA) is 76.4 Å². The Hall–Kier alpha value is -1.49. The lowest BCUT2D eigenvalue weighted by Gasteiger charge is -2.19. The predicted octanol–water partition coefficient (Wildman–Crippen LogP) is 4.43. The molecule has 122 valence electrons. The molecule has 0 spiro atoms. The molecule has 1 heterocycles. The summed E-state index contributed by atoms with van der Waals surface area (Å²) in [7, 11) is 0. The number of nitrogens with zero attached hydrogens (tertiary/aromatic N) is 2. The smallest absolute Gasteiger partial charge is 0.381 e. The van der Waals surface area contributed by atoms with Gasteiger partial charge in [0, 0.05) is 17.5 Å². The number of anilines is 2. The van der Waals surface area contributed by atoms with Gasteiger partial charge in [0.15, 0.2) is 5.56 Å². The molecule has 0 amide bonds. The molecule has 0 aliphatic rings. The van der Waals surface area contributed by atoms with E-state index in [0.717, 1.165) is 17.2 Å². The van der Waals surface area contributed by atoms with E-state index < -0.39 is 6.72 Å². The fourth-order valence-electron chi connectivity index (χ4n) is 1.69. The lowest BCUT2D eigenvalue weighted by Crippen LogP contribution is -2.03. The van der Waals surface area contributed by atoms with E-state index in [4.69, 9.17) is 25.4 Å². The Morgan fingerprint density at radius 1 is 1.26 bits per heavy atom. The molecule has 0 fully saturated rings. The first-order valence-electron chi connectivity index (χ1n) is 6.92. The highest BCUT2D eigenvalue weighted by molar-refractivity contribution is 8.07. The first-order chi connectivity index (χ1) is 11.1. The van der Waals surface area contributed by atoms with Gasteiger partial charge < -0.3 is 9.84 Å². The van der Waals surface area contributed by atoms with Crippen LogP contribution in [0.2, 0.25) is 0 Å². The van der Waals surface area contributed by atoms with Gasteiger partial charge in [-0.25, -0.2) is 0 Å². The highest BCUT2D eigenvalue weighted by Crippen LogP contribution is 2.51. The van der Waals surface area contributed by atoms with Crippen LogP contribution in [0, 0.1) is 11.3 Å². The number of nitrogens with one attached hydrogen (secondary N) is 1. The minimum Gasteiger partial charge on any atom is -0.403 e. The summed E-state index contributed by atoms with van der Waals surface area (Å²) in [6.07, 6.45) is 0. The first kappa shape index (κ1) is 17.9. The molecular weight excluding hydrogens is 353 g/mol. The number of hydrogen-bond acceptors (Lipinski definition) is 8. The van der Waals surface area contributed by atoms with Crippen molar-refractivity contribution in [2.45, 2.75) is 13.8 Å². The first-order valence-corrected chi connectivity index (χ1v) is 10.3. The largest absolute Gasteiger partial charge is 0.403 e. The van der Waals surface area contributed by atoms with Crippen molar-refractivity contribution in [3.8, 4) is 11.9 Å². The standard InChI is InChI=1S/C14H16N3O3PS2/c1-3-18-21(22,19-4-2)20-13-12(10-15)14(23-17-13)16-11-8-6-5-7-9-11/h5-9,16H,3-4H2,1-2H3. The average molecular weight is 369 g/mol. The molecule has 0 unspecified atom stereocenters. The van der Waals surface area contributed by atoms with Crippen LogP contribution >= 0.6 is 18.3 Å². The number of aromatic nitrogens is 1. The normalized spacial score (nSPS) is 11.0. The van der Waals surface area contributed by atoms with Gasteiger partial charge in [-0.15, -0.1) is 0 Å². The van der Waals surface area contributed by atoms with Crippen molar-refractivity contribution < 1.29 is 13.6 Å². The van der Waals surface area contributed by atoms with Gasteiger partial charge in [-0.2, -0.15) is 9.64 Å². The van der Waals surface area contributed by atoms with Crippen molar-refractivity contribution in [2.75, 3.05) is 18.5 Å². The Morgan fingerprint density at radius 2 is 1.91 bits per heavy atom. The molecule has 23 heavy (non-hydrogen) atoms. The Balaban J connectivity index is 2.24. The zero-order chi connectivity index (χ0) is 16.7. The van der Waals surface area contributed by atoms with Crippen LogP contribution in [-0.4, -0.2) is 17.6 Å². The second kappa shape index (κ2) is 8.39. The van der Waals surface area contributed by atoms with Gasteiger partial charge in [-0.3, -0.25) is 9.05 Å². The quantitative estimate of drug-likeness (QED) is 0.690. The van der Waals surface area contributed by atoms with Crippen LogP contribution in [0.4, 0.5) is 10.7 Å². The molecule has 0 aliphatic heterocycles. The highest BCUT2D eigenvalue weighted by atomic mass is 32.5. The van der Waals surface area contributed by atoms with Crippen LogP contribution in [0.3, 0.4) is 0 Å². The fraction of sp³-hybridized carbons (Fsp3) is 0.286. The van der Waals surface area contributed by atoms with E-state index in [0.29, 0.717) is 18.2 Å². The second-order valence-corrected chi connectivity index (χ2v) is 7.88. The lowest BCUT2D eigenvalue weighted by atomic mass is 10.3. The number of para-hydroxylation sites is 1. The maximum Gasteiger partial charge on any atom is 0.381 e. The Kier molecular flexibility index (Phi) is 6.51. The highest BCUT2D eigenvalue weighted by Gasteiger charge is 2.26. The Labute approximate surface area is 144 Å². The molecule has 2 rings (SSSR count). The van der Waals surface area contributed by atoms with Gasteiger partial charge >= 0.3 is 6.72 Å². The zero-order valence-corrected chi connectivity index (χ0v) is 15.2. The summed E-state index contributed by atoms with van der Waals surface area (Å²) in [5.41, 5.74) is 1.14. The zero-order valence-electron chi connectivity index (χ0n) is 12.7. The maximum atomic E-state index is 9.42. The van der Waals surface area contributed by atoms with Gasteiger partial charge in [-0.1, -0.05) is 18.2 Å². The maximum absolute atomic E-state index is 9.42. The summed E-state index contributed by atoms with van der Waals surface area (Å²) < 4.78 is 20.6. The summed E-state index contributed by atoms with van der Waals surface area (Å²) in [6.45, 7) is 1.37. The lowest BCUT2D eigenvalue weighted by molar-refractivity contribution is 0.216. The van der Waals surface area contributed by atoms with Crippen LogP contribution in [-0.2, 0) is 20.9 Å². The third-order valence-corrected chi connectivity index (χ3v) is 5.72. The van der Waals surface area contributed by atoms with Crippen molar-refractivity contribution >= 4 is 40.7 Å². The fourth-order valence-corrected chi connectivity index (χ4v) is 4.43. The van der Waals surface area contributed by atoms with Gasteiger partial charge in [0.1, 0.15) is 11.1 Å². The van der Waals surface area contributed by atoms with Crippen molar-refractivity contribution in [2.24, 2.45) is 0 Å². The molecule has 6 nitrogen and oxygen atoms in total.